The fourth-order valence-electron chi connectivity index (χ4n) is 2.57. The maximum atomic E-state index is 12.2. The van der Waals surface area contributed by atoms with Gasteiger partial charge in [0.25, 0.3) is 0 Å². The molecule has 0 amide bonds. The molecule has 0 spiro atoms. The van der Waals surface area contributed by atoms with E-state index < -0.39 is 10.0 Å². The molecule has 1 unspecified atom stereocenters. The highest BCUT2D eigenvalue weighted by Crippen LogP contribution is 2.22. The van der Waals surface area contributed by atoms with Crippen LogP contribution in [0, 0.1) is 0 Å². The van der Waals surface area contributed by atoms with E-state index in [1.165, 1.54) is 0 Å². The molecule has 1 aromatic heterocycles. The molecule has 1 aliphatic heterocycles. The van der Waals surface area contributed by atoms with Crippen molar-refractivity contribution in [2.45, 2.75) is 18.9 Å². The lowest BCUT2D eigenvalue weighted by Gasteiger charge is -2.13. The van der Waals surface area contributed by atoms with E-state index in [0.717, 1.165) is 30.3 Å². The zero-order valence-electron chi connectivity index (χ0n) is 11.0. The molecule has 2 N–H and O–H groups in total. The Balaban J connectivity index is 1.85. The number of aromatic nitrogens is 1. The topological polar surface area (TPSA) is 71.1 Å². The molecule has 0 radical (unpaired) electrons. The van der Waals surface area contributed by atoms with Crippen LogP contribution in [0.2, 0.25) is 0 Å². The Bertz CT molecular complexity index is 704. The molecule has 1 aromatic carbocycles. The van der Waals surface area contributed by atoms with E-state index in [0.29, 0.717) is 5.69 Å². The van der Waals surface area contributed by atoms with Crippen LogP contribution in [0.5, 0.6) is 0 Å². The van der Waals surface area contributed by atoms with Gasteiger partial charge in [0, 0.05) is 17.6 Å². The first kappa shape index (κ1) is 13.3. The Kier molecular flexibility index (Phi) is 3.58. The summed E-state index contributed by atoms with van der Waals surface area (Å²) < 4.78 is 27.1. The van der Waals surface area contributed by atoms with E-state index in [1.807, 2.05) is 12.1 Å². The smallest absolute Gasteiger partial charge is 0.234 e. The van der Waals surface area contributed by atoms with Crippen LogP contribution in [0.3, 0.4) is 0 Å². The molecular formula is C14H17N3O2S. The average molecular weight is 291 g/mol. The third kappa shape index (κ3) is 2.91. The number of sulfonamides is 1. The van der Waals surface area contributed by atoms with E-state index in [4.69, 9.17) is 0 Å². The highest BCUT2D eigenvalue weighted by Gasteiger charge is 2.22. The molecule has 0 saturated carbocycles. The molecule has 2 heterocycles. The fraction of sp³-hybridized carbons (Fsp3) is 0.357. The number of pyridine rings is 1. The van der Waals surface area contributed by atoms with Gasteiger partial charge in [-0.15, -0.1) is 0 Å². The molecule has 1 aliphatic rings. The summed E-state index contributed by atoms with van der Waals surface area (Å²) in [5.41, 5.74) is 1.38. The number of benzene rings is 1. The standard InChI is InChI=1S/C14H17N3O2S/c18-20(19,10-11-4-2-8-15-11)17-14-7-1-6-13-12(14)5-3-9-16-13/h1,3,5-7,9,11,15,17H,2,4,8,10H2. The number of fused-ring (bicyclic) bond motifs is 1. The molecule has 1 saturated heterocycles. The zero-order chi connectivity index (χ0) is 14.0. The van der Waals surface area contributed by atoms with Crippen molar-refractivity contribution >= 4 is 26.6 Å². The van der Waals surface area contributed by atoms with Crippen molar-refractivity contribution in [3.05, 3.63) is 36.5 Å². The van der Waals surface area contributed by atoms with Crippen LogP contribution in [-0.4, -0.2) is 31.7 Å². The van der Waals surface area contributed by atoms with Crippen LogP contribution in [-0.2, 0) is 10.0 Å². The molecule has 1 fully saturated rings. The molecular weight excluding hydrogens is 274 g/mol. The molecule has 6 heteroatoms. The predicted octanol–water partition coefficient (Wildman–Crippen LogP) is 1.73. The molecule has 0 bridgehead atoms. The summed E-state index contributed by atoms with van der Waals surface area (Å²) >= 11 is 0. The van der Waals surface area contributed by atoms with Gasteiger partial charge < -0.3 is 5.32 Å². The van der Waals surface area contributed by atoms with Gasteiger partial charge in [0.2, 0.25) is 10.0 Å². The van der Waals surface area contributed by atoms with E-state index in [-0.39, 0.29) is 11.8 Å². The number of hydrogen-bond donors (Lipinski definition) is 2. The highest BCUT2D eigenvalue weighted by atomic mass is 32.2. The minimum Gasteiger partial charge on any atom is -0.313 e. The van der Waals surface area contributed by atoms with Gasteiger partial charge in [-0.25, -0.2) is 8.42 Å². The van der Waals surface area contributed by atoms with Crippen molar-refractivity contribution in [2.24, 2.45) is 0 Å². The number of nitrogens with one attached hydrogen (secondary N) is 2. The molecule has 3 rings (SSSR count). The van der Waals surface area contributed by atoms with Crippen molar-refractivity contribution in [3.8, 4) is 0 Å². The van der Waals surface area contributed by atoms with Gasteiger partial charge in [-0.2, -0.15) is 0 Å². The lowest BCUT2D eigenvalue weighted by atomic mass is 10.2. The second kappa shape index (κ2) is 5.38. The minimum absolute atomic E-state index is 0.0561. The first-order chi connectivity index (χ1) is 9.64. The second-order valence-electron chi connectivity index (χ2n) is 5.05. The SMILES string of the molecule is O=S(=O)(CC1CCCN1)Nc1cccc2ncccc12. The lowest BCUT2D eigenvalue weighted by Crippen LogP contribution is -2.32. The normalized spacial score (nSPS) is 19.3. The largest absolute Gasteiger partial charge is 0.313 e. The van der Waals surface area contributed by atoms with Gasteiger partial charge in [-0.3, -0.25) is 9.71 Å². The summed E-state index contributed by atoms with van der Waals surface area (Å²) in [5, 5.41) is 4.02. The van der Waals surface area contributed by atoms with Crippen LogP contribution < -0.4 is 10.0 Å². The monoisotopic (exact) mass is 291 g/mol. The summed E-state index contributed by atoms with van der Waals surface area (Å²) in [4.78, 5) is 4.23. The van der Waals surface area contributed by atoms with Crippen LogP contribution in [0.25, 0.3) is 10.9 Å². The predicted molar refractivity (Wildman–Crippen MR) is 80.2 cm³/mol. The quantitative estimate of drug-likeness (QED) is 0.900. The summed E-state index contributed by atoms with van der Waals surface area (Å²) in [7, 11) is -3.35. The van der Waals surface area contributed by atoms with E-state index in [1.54, 1.807) is 24.4 Å². The van der Waals surface area contributed by atoms with Crippen LogP contribution >= 0.6 is 0 Å². The Morgan fingerprint density at radius 3 is 3.00 bits per heavy atom. The van der Waals surface area contributed by atoms with Gasteiger partial charge in [0.05, 0.1) is 17.0 Å². The maximum Gasteiger partial charge on any atom is 0.234 e. The third-order valence-electron chi connectivity index (χ3n) is 3.49. The number of rotatable bonds is 4. The van der Waals surface area contributed by atoms with Gasteiger partial charge in [0.1, 0.15) is 0 Å². The van der Waals surface area contributed by atoms with Crippen molar-refractivity contribution in [3.63, 3.8) is 0 Å². The van der Waals surface area contributed by atoms with Gasteiger partial charge in [-0.05, 0) is 43.7 Å². The van der Waals surface area contributed by atoms with Crippen molar-refractivity contribution in [1.29, 1.82) is 0 Å². The van der Waals surface area contributed by atoms with Crippen molar-refractivity contribution in [1.82, 2.24) is 10.3 Å². The number of nitrogens with zero attached hydrogens (tertiary/aromatic N) is 1. The molecule has 20 heavy (non-hydrogen) atoms. The number of anilines is 1. The van der Waals surface area contributed by atoms with Crippen LogP contribution in [0.15, 0.2) is 36.5 Å². The molecule has 0 aliphatic carbocycles. The average Bonchev–Trinajstić information content (AvgIpc) is 2.91. The minimum atomic E-state index is -3.35. The van der Waals surface area contributed by atoms with E-state index >= 15 is 0 Å². The lowest BCUT2D eigenvalue weighted by molar-refractivity contribution is 0.582. The highest BCUT2D eigenvalue weighted by molar-refractivity contribution is 7.92. The zero-order valence-corrected chi connectivity index (χ0v) is 11.9. The second-order valence-corrected chi connectivity index (χ2v) is 6.82. The summed E-state index contributed by atoms with van der Waals surface area (Å²) in [6.07, 6.45) is 3.65. The summed E-state index contributed by atoms with van der Waals surface area (Å²) in [6, 6.07) is 9.17. The Morgan fingerprint density at radius 2 is 2.20 bits per heavy atom. The van der Waals surface area contributed by atoms with Gasteiger partial charge >= 0.3 is 0 Å². The fourth-order valence-corrected chi connectivity index (χ4v) is 3.98. The van der Waals surface area contributed by atoms with Crippen molar-refractivity contribution < 1.29 is 8.42 Å². The maximum absolute atomic E-state index is 12.2. The van der Waals surface area contributed by atoms with Gasteiger partial charge in [-0.1, -0.05) is 6.07 Å². The molecule has 1 atom stereocenters. The van der Waals surface area contributed by atoms with Crippen LogP contribution in [0.4, 0.5) is 5.69 Å². The summed E-state index contributed by atoms with van der Waals surface area (Å²) in [6.45, 7) is 0.901. The Labute approximate surface area is 118 Å². The van der Waals surface area contributed by atoms with Gasteiger partial charge in [0.15, 0.2) is 0 Å². The van der Waals surface area contributed by atoms with Crippen molar-refractivity contribution in [2.75, 3.05) is 17.0 Å². The Hall–Kier alpha value is -1.66. The molecule has 106 valence electrons. The van der Waals surface area contributed by atoms with E-state index in [2.05, 4.69) is 15.0 Å². The third-order valence-corrected chi connectivity index (χ3v) is 4.87. The number of hydrogen-bond acceptors (Lipinski definition) is 4. The van der Waals surface area contributed by atoms with E-state index in [9.17, 15) is 8.42 Å². The molecule has 5 nitrogen and oxygen atoms in total. The molecule has 2 aromatic rings. The summed E-state index contributed by atoms with van der Waals surface area (Å²) in [5.74, 6) is 0.115. The van der Waals surface area contributed by atoms with Crippen LogP contribution in [0.1, 0.15) is 12.8 Å². The first-order valence-corrected chi connectivity index (χ1v) is 8.37. The Morgan fingerprint density at radius 1 is 1.30 bits per heavy atom. The first-order valence-electron chi connectivity index (χ1n) is 6.72.